The third kappa shape index (κ3) is 3.96. The molecular weight excluding hydrogens is 258 g/mol. The van der Waals surface area contributed by atoms with Crippen molar-refractivity contribution in [2.45, 2.75) is 58.8 Å². The van der Waals surface area contributed by atoms with E-state index in [4.69, 9.17) is 0 Å². The van der Waals surface area contributed by atoms with Crippen LogP contribution in [0.4, 0.5) is 5.69 Å². The molecule has 2 heteroatoms. The molecule has 1 aliphatic carbocycles. The number of hydrogen-bond acceptors (Lipinski definition) is 1. The number of para-hydroxylation sites is 1. The van der Waals surface area contributed by atoms with Crippen LogP contribution in [0.2, 0.25) is 0 Å². The Morgan fingerprint density at radius 3 is 2.29 bits per heavy atom. The minimum absolute atomic E-state index is 0.140. The number of nitrogens with one attached hydrogen (secondary N) is 1. The molecule has 1 N–H and O–H groups in total. The van der Waals surface area contributed by atoms with Crippen molar-refractivity contribution in [2.75, 3.05) is 5.32 Å². The van der Waals surface area contributed by atoms with Crippen LogP contribution in [-0.4, -0.2) is 5.91 Å². The molecule has 0 saturated carbocycles. The van der Waals surface area contributed by atoms with E-state index in [0.717, 1.165) is 18.5 Å². The van der Waals surface area contributed by atoms with Crippen molar-refractivity contribution in [3.8, 4) is 0 Å². The number of benzene rings is 1. The van der Waals surface area contributed by atoms with Crippen molar-refractivity contribution in [3.63, 3.8) is 0 Å². The third-order valence-electron chi connectivity index (χ3n) is 4.20. The number of amides is 1. The fourth-order valence-electron chi connectivity index (χ4n) is 2.99. The van der Waals surface area contributed by atoms with Gasteiger partial charge >= 0.3 is 0 Å². The fourth-order valence-corrected chi connectivity index (χ4v) is 2.99. The molecule has 1 aromatic rings. The molecule has 0 bridgehead atoms. The first-order valence-corrected chi connectivity index (χ1v) is 8.08. The molecule has 0 saturated heterocycles. The number of allylic oxidation sites excluding steroid dienone is 2. The molecule has 21 heavy (non-hydrogen) atoms. The summed E-state index contributed by atoms with van der Waals surface area (Å²) in [5, 5.41) is 3.20. The maximum Gasteiger partial charge on any atom is 0.224 e. The summed E-state index contributed by atoms with van der Waals surface area (Å²) < 4.78 is 0. The average Bonchev–Trinajstić information content (AvgIpc) is 2.91. The second kappa shape index (κ2) is 6.93. The molecule has 2 nitrogen and oxygen atoms in total. The zero-order valence-electron chi connectivity index (χ0n) is 13.6. The van der Waals surface area contributed by atoms with Crippen LogP contribution in [-0.2, 0) is 4.79 Å². The molecule has 1 amide bonds. The third-order valence-corrected chi connectivity index (χ3v) is 4.20. The molecule has 0 fully saturated rings. The van der Waals surface area contributed by atoms with Gasteiger partial charge in [-0.1, -0.05) is 58.0 Å². The largest absolute Gasteiger partial charge is 0.326 e. The lowest BCUT2D eigenvalue weighted by Crippen LogP contribution is -2.18. The topological polar surface area (TPSA) is 29.1 Å². The molecule has 0 heterocycles. The summed E-state index contributed by atoms with van der Waals surface area (Å²) in [6, 6.07) is 6.35. The standard InChI is InChI=1S/C19H27NO/c1-13(2)16-10-7-11-17(14(3)4)19(16)20-18(21)12-15-8-5-6-9-15/h5,7-8,10-11,13-15H,6,9,12H2,1-4H3,(H,20,21)/t15-/m1/s1. The molecular formula is C19H27NO. The zero-order valence-corrected chi connectivity index (χ0v) is 13.6. The number of carbonyl (C=O) groups is 1. The van der Waals surface area contributed by atoms with Gasteiger partial charge in [0.15, 0.2) is 0 Å². The van der Waals surface area contributed by atoms with E-state index in [0.29, 0.717) is 24.2 Å². The van der Waals surface area contributed by atoms with E-state index in [1.54, 1.807) is 0 Å². The van der Waals surface area contributed by atoms with E-state index >= 15 is 0 Å². The van der Waals surface area contributed by atoms with Crippen LogP contribution in [0.3, 0.4) is 0 Å². The van der Waals surface area contributed by atoms with Crippen molar-refractivity contribution in [2.24, 2.45) is 5.92 Å². The molecule has 1 aliphatic rings. The lowest BCUT2D eigenvalue weighted by Gasteiger charge is -2.20. The fraction of sp³-hybridized carbons (Fsp3) is 0.526. The lowest BCUT2D eigenvalue weighted by molar-refractivity contribution is -0.116. The number of carbonyl (C=O) groups excluding carboxylic acids is 1. The second-order valence-corrected chi connectivity index (χ2v) is 6.64. The summed E-state index contributed by atoms with van der Waals surface area (Å²) in [7, 11) is 0. The minimum atomic E-state index is 0.140. The number of anilines is 1. The molecule has 0 aliphatic heterocycles. The zero-order chi connectivity index (χ0) is 15.4. The Morgan fingerprint density at radius 2 is 1.81 bits per heavy atom. The minimum Gasteiger partial charge on any atom is -0.326 e. The first kappa shape index (κ1) is 15.8. The van der Waals surface area contributed by atoms with Crippen LogP contribution in [0.25, 0.3) is 0 Å². The number of rotatable bonds is 5. The predicted molar refractivity (Wildman–Crippen MR) is 89.7 cm³/mol. The van der Waals surface area contributed by atoms with Gasteiger partial charge in [-0.15, -0.1) is 0 Å². The van der Waals surface area contributed by atoms with Gasteiger partial charge in [0.25, 0.3) is 0 Å². The first-order valence-electron chi connectivity index (χ1n) is 8.08. The van der Waals surface area contributed by atoms with E-state index < -0.39 is 0 Å². The molecule has 1 atom stereocenters. The highest BCUT2D eigenvalue weighted by atomic mass is 16.1. The highest BCUT2D eigenvalue weighted by Crippen LogP contribution is 2.33. The Morgan fingerprint density at radius 1 is 1.19 bits per heavy atom. The van der Waals surface area contributed by atoms with Gasteiger partial charge < -0.3 is 5.32 Å². The smallest absolute Gasteiger partial charge is 0.224 e. The van der Waals surface area contributed by atoms with Crippen molar-refractivity contribution in [1.29, 1.82) is 0 Å². The summed E-state index contributed by atoms with van der Waals surface area (Å²) in [5.74, 6) is 1.37. The molecule has 0 radical (unpaired) electrons. The summed E-state index contributed by atoms with van der Waals surface area (Å²) in [6.45, 7) is 8.70. The van der Waals surface area contributed by atoms with E-state index in [2.05, 4.69) is 63.4 Å². The van der Waals surface area contributed by atoms with Gasteiger partial charge in [0.05, 0.1) is 0 Å². The summed E-state index contributed by atoms with van der Waals surface area (Å²) in [6.07, 6.45) is 7.17. The Hall–Kier alpha value is -1.57. The summed E-state index contributed by atoms with van der Waals surface area (Å²) in [4.78, 5) is 12.4. The second-order valence-electron chi connectivity index (χ2n) is 6.64. The molecule has 0 unspecified atom stereocenters. The van der Waals surface area contributed by atoms with Crippen molar-refractivity contribution in [3.05, 3.63) is 41.5 Å². The Bertz CT molecular complexity index is 502. The maximum atomic E-state index is 12.4. The van der Waals surface area contributed by atoms with Crippen LogP contribution in [0.15, 0.2) is 30.4 Å². The Kier molecular flexibility index (Phi) is 5.22. The van der Waals surface area contributed by atoms with Crippen LogP contribution < -0.4 is 5.32 Å². The molecule has 2 rings (SSSR count). The molecule has 0 spiro atoms. The SMILES string of the molecule is CC(C)c1cccc(C(C)C)c1NC(=O)C[C@@H]1C=CCC1. The van der Waals surface area contributed by atoms with Gasteiger partial charge in [-0.2, -0.15) is 0 Å². The van der Waals surface area contributed by atoms with Crippen molar-refractivity contribution in [1.82, 2.24) is 0 Å². The van der Waals surface area contributed by atoms with E-state index in [9.17, 15) is 4.79 Å². The van der Waals surface area contributed by atoms with E-state index in [-0.39, 0.29) is 5.91 Å². The van der Waals surface area contributed by atoms with E-state index in [1.165, 1.54) is 11.1 Å². The summed E-state index contributed by atoms with van der Waals surface area (Å²) >= 11 is 0. The molecule has 114 valence electrons. The van der Waals surface area contributed by atoms with Crippen LogP contribution in [0.1, 0.15) is 69.9 Å². The number of hydrogen-bond donors (Lipinski definition) is 1. The van der Waals surface area contributed by atoms with Gasteiger partial charge in [0.2, 0.25) is 5.91 Å². The van der Waals surface area contributed by atoms with Crippen molar-refractivity contribution >= 4 is 11.6 Å². The predicted octanol–water partition coefficient (Wildman–Crippen LogP) is 5.23. The molecule has 1 aromatic carbocycles. The van der Waals surface area contributed by atoms with Crippen molar-refractivity contribution < 1.29 is 4.79 Å². The molecule has 0 aromatic heterocycles. The van der Waals surface area contributed by atoms with Gasteiger partial charge in [-0.3, -0.25) is 4.79 Å². The van der Waals surface area contributed by atoms with Gasteiger partial charge in [0.1, 0.15) is 0 Å². The van der Waals surface area contributed by atoms with Gasteiger partial charge in [-0.05, 0) is 41.7 Å². The lowest BCUT2D eigenvalue weighted by atomic mass is 9.92. The Balaban J connectivity index is 2.20. The average molecular weight is 285 g/mol. The highest BCUT2D eigenvalue weighted by Gasteiger charge is 2.18. The normalized spacial score (nSPS) is 17.7. The Labute approximate surface area is 128 Å². The van der Waals surface area contributed by atoms with Gasteiger partial charge in [0, 0.05) is 12.1 Å². The van der Waals surface area contributed by atoms with Gasteiger partial charge in [-0.25, -0.2) is 0 Å². The monoisotopic (exact) mass is 285 g/mol. The highest BCUT2D eigenvalue weighted by molar-refractivity contribution is 5.93. The van der Waals surface area contributed by atoms with Crippen LogP contribution >= 0.6 is 0 Å². The van der Waals surface area contributed by atoms with E-state index in [1.807, 2.05) is 0 Å². The summed E-state index contributed by atoms with van der Waals surface area (Å²) in [5.41, 5.74) is 3.50. The first-order chi connectivity index (χ1) is 9.99. The van der Waals surface area contributed by atoms with Crippen LogP contribution in [0.5, 0.6) is 0 Å². The quantitative estimate of drug-likeness (QED) is 0.737. The maximum absolute atomic E-state index is 12.4. The van der Waals surface area contributed by atoms with Crippen LogP contribution in [0, 0.1) is 5.92 Å².